The van der Waals surface area contributed by atoms with Gasteiger partial charge in [-0.1, -0.05) is 35.9 Å². The Morgan fingerprint density at radius 2 is 1.32 bits per heavy atom. The third kappa shape index (κ3) is 12.1. The number of Topliss-reactive ketones (excluding diaryl/α,β-unsaturated/α-hetero) is 1. The van der Waals surface area contributed by atoms with Gasteiger partial charge in [-0.3, -0.25) is 9.59 Å². The highest BCUT2D eigenvalue weighted by Gasteiger charge is 2.17. The molecule has 0 spiro atoms. The lowest BCUT2D eigenvalue weighted by Gasteiger charge is -2.08. The first-order valence-electron chi connectivity index (χ1n) is 12.5. The van der Waals surface area contributed by atoms with Gasteiger partial charge in [0.2, 0.25) is 0 Å². The van der Waals surface area contributed by atoms with Crippen molar-refractivity contribution >= 4 is 21.5 Å². The Kier molecular flexibility index (Phi) is 14.5. The lowest BCUT2D eigenvalue weighted by Crippen LogP contribution is -2.27. The van der Waals surface area contributed by atoms with E-state index in [1.54, 1.807) is 42.5 Å². The average Bonchev–Trinajstić information content (AvgIpc) is 2.92. The summed E-state index contributed by atoms with van der Waals surface area (Å²) in [6.45, 7) is 9.38. The van der Waals surface area contributed by atoms with Crippen molar-refractivity contribution in [2.24, 2.45) is 0 Å². The van der Waals surface area contributed by atoms with Crippen molar-refractivity contribution in [1.82, 2.24) is 5.32 Å². The van der Waals surface area contributed by atoms with Crippen LogP contribution in [0.3, 0.4) is 0 Å². The summed E-state index contributed by atoms with van der Waals surface area (Å²) in [5.74, 6) is -0.866. The number of aryl methyl sites for hydroxylation is 1. The van der Waals surface area contributed by atoms with E-state index in [0.29, 0.717) is 70.5 Å². The number of sulfone groups is 1. The molecule has 0 heterocycles. The minimum atomic E-state index is -3.55. The molecule has 0 saturated heterocycles. The zero-order valence-corrected chi connectivity index (χ0v) is 22.7. The maximum Gasteiger partial charge on any atom is 0.251 e. The minimum absolute atomic E-state index is 0.138. The number of ketones is 1. The second-order valence-electron chi connectivity index (χ2n) is 8.34. The number of ether oxygens (including phenoxy) is 4. The number of carbonyl (C=O) groups is 2. The van der Waals surface area contributed by atoms with Crippen molar-refractivity contribution in [3.63, 3.8) is 0 Å². The third-order valence-electron chi connectivity index (χ3n) is 5.33. The molecule has 0 aromatic heterocycles. The molecule has 38 heavy (non-hydrogen) atoms. The zero-order valence-electron chi connectivity index (χ0n) is 21.9. The van der Waals surface area contributed by atoms with Crippen LogP contribution < -0.4 is 5.32 Å². The normalized spacial score (nSPS) is 11.3. The molecule has 0 bridgehead atoms. The summed E-state index contributed by atoms with van der Waals surface area (Å²) in [6, 6.07) is 12.7. The second kappa shape index (κ2) is 17.6. The number of amides is 1. The molecule has 0 aliphatic heterocycles. The molecule has 0 aliphatic rings. The molecule has 1 N–H and O–H groups in total. The SMILES string of the molecule is C=CCOCCOCCOCCOCCNC(=O)c1ccc(C(=O)CCS(=O)(=O)c2ccc(C)cc2)cc1. The van der Waals surface area contributed by atoms with Crippen LogP contribution in [0.25, 0.3) is 0 Å². The molecule has 0 saturated carbocycles. The molecular formula is C28H37NO8S. The first kappa shape index (κ1) is 31.3. The van der Waals surface area contributed by atoms with Gasteiger partial charge in [0.05, 0.1) is 63.5 Å². The molecule has 0 atom stereocenters. The van der Waals surface area contributed by atoms with Gasteiger partial charge in [-0.05, 0) is 31.2 Å². The number of rotatable bonds is 20. The summed E-state index contributed by atoms with van der Waals surface area (Å²) in [6.07, 6.45) is 1.55. The molecule has 0 radical (unpaired) electrons. The lowest BCUT2D eigenvalue weighted by atomic mass is 10.1. The highest BCUT2D eigenvalue weighted by atomic mass is 32.2. The van der Waals surface area contributed by atoms with Gasteiger partial charge in [-0.25, -0.2) is 8.42 Å². The first-order chi connectivity index (χ1) is 18.3. The quantitative estimate of drug-likeness (QED) is 0.153. The molecule has 208 valence electrons. The number of hydrogen-bond acceptors (Lipinski definition) is 8. The van der Waals surface area contributed by atoms with Gasteiger partial charge in [0, 0.05) is 24.1 Å². The fourth-order valence-electron chi connectivity index (χ4n) is 3.21. The van der Waals surface area contributed by atoms with Gasteiger partial charge in [0.15, 0.2) is 15.6 Å². The molecular weight excluding hydrogens is 510 g/mol. The van der Waals surface area contributed by atoms with Gasteiger partial charge in [-0.15, -0.1) is 6.58 Å². The lowest BCUT2D eigenvalue weighted by molar-refractivity contribution is 0.00136. The van der Waals surface area contributed by atoms with Crippen molar-refractivity contribution in [3.05, 3.63) is 77.9 Å². The van der Waals surface area contributed by atoms with Crippen LogP contribution in [0.4, 0.5) is 0 Å². The van der Waals surface area contributed by atoms with Crippen LogP contribution in [0.1, 0.15) is 32.7 Å². The summed E-state index contributed by atoms with van der Waals surface area (Å²) in [5.41, 5.74) is 1.71. The largest absolute Gasteiger partial charge is 0.377 e. The van der Waals surface area contributed by atoms with Gasteiger partial charge < -0.3 is 24.3 Å². The summed E-state index contributed by atoms with van der Waals surface area (Å²) in [4.78, 5) is 25.0. The molecule has 2 rings (SSSR count). The zero-order chi connectivity index (χ0) is 27.6. The number of benzene rings is 2. The minimum Gasteiger partial charge on any atom is -0.377 e. The summed E-state index contributed by atoms with van der Waals surface area (Å²) in [5, 5.41) is 2.75. The Morgan fingerprint density at radius 1 is 0.789 bits per heavy atom. The van der Waals surface area contributed by atoms with E-state index in [1.165, 1.54) is 12.1 Å². The summed E-state index contributed by atoms with van der Waals surface area (Å²) < 4.78 is 46.3. The standard InChI is InChI=1S/C28H37NO8S/c1-3-14-34-16-18-36-20-21-37-19-17-35-15-13-29-28(31)25-8-6-24(7-9-25)27(30)12-22-38(32,33)26-10-4-23(2)5-11-26/h3-11H,1,12-22H2,2H3,(H,29,31). The van der Waals surface area contributed by atoms with Crippen LogP contribution in [0.5, 0.6) is 0 Å². The Labute approximate surface area is 225 Å². The van der Waals surface area contributed by atoms with Crippen LogP contribution in [0.2, 0.25) is 0 Å². The average molecular weight is 548 g/mol. The molecule has 9 nitrogen and oxygen atoms in total. The number of hydrogen-bond donors (Lipinski definition) is 1. The van der Waals surface area contributed by atoms with Crippen LogP contribution in [-0.2, 0) is 28.8 Å². The van der Waals surface area contributed by atoms with E-state index in [9.17, 15) is 18.0 Å². The number of nitrogens with one attached hydrogen (secondary N) is 1. The predicted octanol–water partition coefficient (Wildman–Crippen LogP) is 3.02. The van der Waals surface area contributed by atoms with Crippen LogP contribution in [-0.4, -0.2) is 85.3 Å². The smallest absolute Gasteiger partial charge is 0.251 e. The van der Waals surface area contributed by atoms with Gasteiger partial charge in [-0.2, -0.15) is 0 Å². The maximum absolute atomic E-state index is 12.5. The van der Waals surface area contributed by atoms with Crippen molar-refractivity contribution in [2.45, 2.75) is 18.2 Å². The fraction of sp³-hybridized carbons (Fsp3) is 0.429. The molecule has 1 amide bonds. The Balaban J connectivity index is 1.58. The van der Waals surface area contributed by atoms with E-state index in [0.717, 1.165) is 5.56 Å². The van der Waals surface area contributed by atoms with E-state index in [4.69, 9.17) is 18.9 Å². The van der Waals surface area contributed by atoms with Gasteiger partial charge in [0.25, 0.3) is 5.91 Å². The maximum atomic E-state index is 12.5. The van der Waals surface area contributed by atoms with E-state index in [2.05, 4.69) is 11.9 Å². The molecule has 0 fully saturated rings. The van der Waals surface area contributed by atoms with Gasteiger partial charge >= 0.3 is 0 Å². The molecule has 0 aliphatic carbocycles. The molecule has 2 aromatic rings. The van der Waals surface area contributed by atoms with E-state index >= 15 is 0 Å². The monoisotopic (exact) mass is 547 g/mol. The molecule has 2 aromatic carbocycles. The first-order valence-corrected chi connectivity index (χ1v) is 14.1. The third-order valence-corrected chi connectivity index (χ3v) is 7.06. The highest BCUT2D eigenvalue weighted by Crippen LogP contribution is 2.15. The van der Waals surface area contributed by atoms with E-state index < -0.39 is 9.84 Å². The second-order valence-corrected chi connectivity index (χ2v) is 10.4. The topological polar surface area (TPSA) is 117 Å². The summed E-state index contributed by atoms with van der Waals surface area (Å²) in [7, 11) is -3.55. The van der Waals surface area contributed by atoms with Gasteiger partial charge in [0.1, 0.15) is 0 Å². The van der Waals surface area contributed by atoms with Crippen LogP contribution in [0.15, 0.2) is 66.1 Å². The molecule has 10 heteroatoms. The van der Waals surface area contributed by atoms with Crippen LogP contribution >= 0.6 is 0 Å². The van der Waals surface area contributed by atoms with Crippen molar-refractivity contribution in [3.8, 4) is 0 Å². The number of carbonyl (C=O) groups excluding carboxylic acids is 2. The van der Waals surface area contributed by atoms with E-state index in [-0.39, 0.29) is 28.8 Å². The van der Waals surface area contributed by atoms with Crippen molar-refractivity contribution in [1.29, 1.82) is 0 Å². The molecule has 0 unspecified atom stereocenters. The Morgan fingerprint density at radius 3 is 1.89 bits per heavy atom. The van der Waals surface area contributed by atoms with Crippen molar-refractivity contribution < 1.29 is 37.0 Å². The summed E-state index contributed by atoms with van der Waals surface area (Å²) >= 11 is 0. The van der Waals surface area contributed by atoms with Crippen LogP contribution in [0, 0.1) is 6.92 Å². The fourth-order valence-corrected chi connectivity index (χ4v) is 4.45. The highest BCUT2D eigenvalue weighted by molar-refractivity contribution is 7.91. The van der Waals surface area contributed by atoms with E-state index in [1.807, 2.05) is 6.92 Å². The predicted molar refractivity (Wildman–Crippen MR) is 144 cm³/mol. The van der Waals surface area contributed by atoms with Crippen molar-refractivity contribution in [2.75, 3.05) is 65.2 Å². The Hall–Kier alpha value is -2.89. The Bertz CT molecular complexity index is 1100.